The van der Waals surface area contributed by atoms with E-state index in [0.29, 0.717) is 31.3 Å². The van der Waals surface area contributed by atoms with E-state index < -0.39 is 0 Å². The maximum atomic E-state index is 13.6. The lowest BCUT2D eigenvalue weighted by Crippen LogP contribution is -2.44. The van der Waals surface area contributed by atoms with Crippen molar-refractivity contribution in [2.45, 2.75) is 38.6 Å². The van der Waals surface area contributed by atoms with Crippen molar-refractivity contribution < 1.29 is 18.6 Å². The molecule has 0 bridgehead atoms. The molecule has 6 nitrogen and oxygen atoms in total. The van der Waals surface area contributed by atoms with Gasteiger partial charge in [-0.25, -0.2) is 4.39 Å². The topological polar surface area (TPSA) is 64.1 Å². The minimum absolute atomic E-state index is 0.115. The molecule has 1 aromatic carbocycles. The van der Waals surface area contributed by atoms with Crippen LogP contribution in [0.25, 0.3) is 0 Å². The molecule has 0 amide bonds. The fourth-order valence-corrected chi connectivity index (χ4v) is 2.58. The predicted molar refractivity (Wildman–Crippen MR) is 95.1 cm³/mol. The van der Waals surface area contributed by atoms with E-state index in [2.05, 4.69) is 15.6 Å². The predicted octanol–water partition coefficient (Wildman–Crippen LogP) is 1.83. The highest BCUT2D eigenvalue weighted by atomic mass is 19.1. The van der Waals surface area contributed by atoms with E-state index in [1.165, 1.54) is 6.07 Å². The Balaban J connectivity index is 1.78. The van der Waals surface area contributed by atoms with Gasteiger partial charge in [-0.1, -0.05) is 6.07 Å². The third-order valence-electron chi connectivity index (χ3n) is 3.95. The average Bonchev–Trinajstić information content (AvgIpc) is 3.13. The van der Waals surface area contributed by atoms with Gasteiger partial charge in [-0.2, -0.15) is 0 Å². The smallest absolute Gasteiger partial charge is 0.191 e. The first-order valence-electron chi connectivity index (χ1n) is 8.55. The summed E-state index contributed by atoms with van der Waals surface area (Å²) in [5, 5.41) is 6.52. The summed E-state index contributed by atoms with van der Waals surface area (Å²) in [6, 6.07) is 5.12. The fraction of sp³-hybridized carbons (Fsp3) is 0.611. The van der Waals surface area contributed by atoms with Crippen LogP contribution in [0, 0.1) is 5.82 Å². The molecule has 0 radical (unpaired) electrons. The second kappa shape index (κ2) is 10.3. The van der Waals surface area contributed by atoms with Crippen molar-refractivity contribution in [3.05, 3.63) is 35.1 Å². The number of guanidine groups is 1. The van der Waals surface area contributed by atoms with E-state index in [0.717, 1.165) is 18.6 Å². The monoisotopic (exact) mass is 353 g/mol. The molecule has 0 spiro atoms. The molecule has 0 aromatic heterocycles. The highest BCUT2D eigenvalue weighted by molar-refractivity contribution is 5.79. The molecule has 140 valence electrons. The molecular weight excluding hydrogens is 325 g/mol. The zero-order valence-corrected chi connectivity index (χ0v) is 15.2. The number of hydrogen-bond donors (Lipinski definition) is 2. The highest BCUT2D eigenvalue weighted by Gasteiger charge is 2.17. The molecule has 1 aliphatic rings. The van der Waals surface area contributed by atoms with Gasteiger partial charge in [0.2, 0.25) is 0 Å². The Kier molecular flexibility index (Phi) is 8.11. The van der Waals surface area contributed by atoms with Crippen LogP contribution in [-0.4, -0.2) is 52.1 Å². The van der Waals surface area contributed by atoms with Crippen molar-refractivity contribution in [2.24, 2.45) is 4.99 Å². The zero-order chi connectivity index (χ0) is 18.1. The van der Waals surface area contributed by atoms with E-state index in [9.17, 15) is 4.39 Å². The SMILES string of the molecule is CN=C(NCc1ccc(F)c(COC)c1)NC(C)COC1CCOC1. The zero-order valence-electron chi connectivity index (χ0n) is 15.2. The van der Waals surface area contributed by atoms with Gasteiger partial charge in [-0.3, -0.25) is 4.99 Å². The van der Waals surface area contributed by atoms with Crippen molar-refractivity contribution >= 4 is 5.96 Å². The molecule has 2 rings (SSSR count). The summed E-state index contributed by atoms with van der Waals surface area (Å²) in [6.45, 7) is 4.87. The van der Waals surface area contributed by atoms with Crippen molar-refractivity contribution in [1.82, 2.24) is 10.6 Å². The van der Waals surface area contributed by atoms with Gasteiger partial charge in [0, 0.05) is 38.9 Å². The van der Waals surface area contributed by atoms with Gasteiger partial charge in [-0.05, 0) is 31.0 Å². The van der Waals surface area contributed by atoms with Gasteiger partial charge < -0.3 is 24.8 Å². The van der Waals surface area contributed by atoms with Gasteiger partial charge in [-0.15, -0.1) is 0 Å². The molecular formula is C18H28FN3O3. The Hall–Kier alpha value is -1.70. The van der Waals surface area contributed by atoms with Gasteiger partial charge >= 0.3 is 0 Å². The number of nitrogens with zero attached hydrogens (tertiary/aromatic N) is 1. The molecule has 0 aliphatic carbocycles. The Morgan fingerprint density at radius 2 is 2.32 bits per heavy atom. The van der Waals surface area contributed by atoms with Crippen molar-refractivity contribution in [3.63, 3.8) is 0 Å². The molecule has 1 fully saturated rings. The number of aliphatic imine (C=N–C) groups is 1. The van der Waals surface area contributed by atoms with Crippen molar-refractivity contribution in [1.29, 1.82) is 0 Å². The summed E-state index contributed by atoms with van der Waals surface area (Å²) in [5.74, 6) is 0.422. The first-order valence-corrected chi connectivity index (χ1v) is 8.55. The summed E-state index contributed by atoms with van der Waals surface area (Å²) in [6.07, 6.45) is 1.14. The number of hydrogen-bond acceptors (Lipinski definition) is 4. The van der Waals surface area contributed by atoms with E-state index in [4.69, 9.17) is 14.2 Å². The van der Waals surface area contributed by atoms with Gasteiger partial charge in [0.05, 0.1) is 25.9 Å². The molecule has 25 heavy (non-hydrogen) atoms. The third kappa shape index (κ3) is 6.61. The standard InChI is InChI=1S/C18H28FN3O3/c1-13(10-25-16-6-7-24-12-16)22-18(20-2)21-9-14-4-5-17(19)15(8-14)11-23-3/h4-5,8,13,16H,6-7,9-12H2,1-3H3,(H2,20,21,22). The third-order valence-corrected chi connectivity index (χ3v) is 3.95. The van der Waals surface area contributed by atoms with Crippen LogP contribution >= 0.6 is 0 Å². The lowest BCUT2D eigenvalue weighted by atomic mass is 10.1. The number of halogens is 1. The molecule has 2 N–H and O–H groups in total. The maximum absolute atomic E-state index is 13.6. The van der Waals surface area contributed by atoms with Crippen LogP contribution in [0.1, 0.15) is 24.5 Å². The molecule has 1 aromatic rings. The average molecular weight is 353 g/mol. The number of rotatable bonds is 8. The number of ether oxygens (including phenoxy) is 3. The minimum Gasteiger partial charge on any atom is -0.380 e. The quantitative estimate of drug-likeness (QED) is 0.551. The lowest BCUT2D eigenvalue weighted by Gasteiger charge is -2.20. The second-order valence-corrected chi connectivity index (χ2v) is 6.15. The van der Waals surface area contributed by atoms with E-state index in [1.54, 1.807) is 26.3 Å². The van der Waals surface area contributed by atoms with Crippen LogP contribution in [0.2, 0.25) is 0 Å². The Labute approximate surface area is 148 Å². The Bertz CT molecular complexity index is 562. The summed E-state index contributed by atoms with van der Waals surface area (Å²) in [4.78, 5) is 4.21. The van der Waals surface area contributed by atoms with Crippen LogP contribution < -0.4 is 10.6 Å². The molecule has 1 saturated heterocycles. The molecule has 7 heteroatoms. The van der Waals surface area contributed by atoms with E-state index >= 15 is 0 Å². The molecule has 1 heterocycles. The van der Waals surface area contributed by atoms with E-state index in [1.807, 2.05) is 6.92 Å². The van der Waals surface area contributed by atoms with Crippen LogP contribution in [0.4, 0.5) is 4.39 Å². The van der Waals surface area contributed by atoms with Gasteiger partial charge in [0.15, 0.2) is 5.96 Å². The summed E-state index contributed by atoms with van der Waals surface area (Å²) in [5.41, 5.74) is 1.51. The van der Waals surface area contributed by atoms with Gasteiger partial charge in [0.1, 0.15) is 5.82 Å². The van der Waals surface area contributed by atoms with Crippen LogP contribution in [0.5, 0.6) is 0 Å². The molecule has 0 saturated carbocycles. The van der Waals surface area contributed by atoms with Gasteiger partial charge in [0.25, 0.3) is 0 Å². The van der Waals surface area contributed by atoms with Crippen molar-refractivity contribution in [2.75, 3.05) is 34.0 Å². The van der Waals surface area contributed by atoms with E-state index in [-0.39, 0.29) is 24.6 Å². The van der Waals surface area contributed by atoms with Crippen LogP contribution in [-0.2, 0) is 27.4 Å². The summed E-state index contributed by atoms with van der Waals surface area (Å²) >= 11 is 0. The second-order valence-electron chi connectivity index (χ2n) is 6.15. The van der Waals surface area contributed by atoms with Crippen LogP contribution in [0.15, 0.2) is 23.2 Å². The maximum Gasteiger partial charge on any atom is 0.191 e. The van der Waals surface area contributed by atoms with Crippen molar-refractivity contribution in [3.8, 4) is 0 Å². The van der Waals surface area contributed by atoms with Crippen LogP contribution in [0.3, 0.4) is 0 Å². The first-order chi connectivity index (χ1) is 12.1. The highest BCUT2D eigenvalue weighted by Crippen LogP contribution is 2.12. The Morgan fingerprint density at radius 1 is 1.48 bits per heavy atom. The Morgan fingerprint density at radius 3 is 3.00 bits per heavy atom. The first kappa shape index (κ1) is 19.6. The summed E-state index contributed by atoms with van der Waals surface area (Å²) < 4.78 is 29.8. The largest absolute Gasteiger partial charge is 0.380 e. The number of methoxy groups -OCH3 is 1. The number of benzene rings is 1. The molecule has 2 unspecified atom stereocenters. The minimum atomic E-state index is -0.255. The lowest BCUT2D eigenvalue weighted by molar-refractivity contribution is 0.0347. The molecule has 2 atom stereocenters. The number of nitrogens with one attached hydrogen (secondary N) is 2. The normalized spacial score (nSPS) is 19.0. The fourth-order valence-electron chi connectivity index (χ4n) is 2.58. The molecule has 1 aliphatic heterocycles. The summed E-state index contributed by atoms with van der Waals surface area (Å²) in [7, 11) is 3.27.